The number of aryl methyl sites for hydroxylation is 2. The highest BCUT2D eigenvalue weighted by Crippen LogP contribution is 2.24. The molecule has 1 amide bonds. The van der Waals surface area contributed by atoms with Crippen LogP contribution in [0.2, 0.25) is 0 Å². The number of carbonyl (C=O) groups excluding carboxylic acids is 1. The second kappa shape index (κ2) is 7.70. The molecule has 148 valence electrons. The van der Waals surface area contributed by atoms with Gasteiger partial charge < -0.3 is 5.32 Å². The molecule has 0 fully saturated rings. The van der Waals surface area contributed by atoms with Crippen molar-refractivity contribution in [1.29, 1.82) is 0 Å². The van der Waals surface area contributed by atoms with Crippen molar-refractivity contribution in [2.24, 2.45) is 0 Å². The van der Waals surface area contributed by atoms with Crippen LogP contribution in [0.15, 0.2) is 30.6 Å². The first-order valence-corrected chi connectivity index (χ1v) is 9.72. The van der Waals surface area contributed by atoms with Crippen LogP contribution >= 0.6 is 0 Å². The summed E-state index contributed by atoms with van der Waals surface area (Å²) in [4.78, 5) is 21.1. The van der Waals surface area contributed by atoms with Crippen molar-refractivity contribution in [3.63, 3.8) is 0 Å². The molecule has 3 aromatic rings. The molecule has 2 aromatic heterocycles. The van der Waals surface area contributed by atoms with Gasteiger partial charge in [0.2, 0.25) is 5.91 Å². The lowest BCUT2D eigenvalue weighted by atomic mass is 9.86. The summed E-state index contributed by atoms with van der Waals surface area (Å²) in [6.45, 7) is 12.6. The molecule has 0 aliphatic carbocycles. The lowest BCUT2D eigenvalue weighted by molar-refractivity contribution is -0.121. The van der Waals surface area contributed by atoms with Crippen molar-refractivity contribution in [2.75, 3.05) is 0 Å². The SMILES string of the molecule is Cc1nc2ncnn2c(C)c1CCC(=O)NC(C)c1ccc(C(C)(C)C)cc1. The summed E-state index contributed by atoms with van der Waals surface area (Å²) < 4.78 is 1.72. The van der Waals surface area contributed by atoms with Crippen molar-refractivity contribution in [3.8, 4) is 0 Å². The molecule has 6 nitrogen and oxygen atoms in total. The molecule has 1 N–H and O–H groups in total. The zero-order chi connectivity index (χ0) is 20.5. The van der Waals surface area contributed by atoms with E-state index in [1.54, 1.807) is 4.52 Å². The van der Waals surface area contributed by atoms with Crippen LogP contribution in [0.4, 0.5) is 0 Å². The first kappa shape index (κ1) is 20.0. The summed E-state index contributed by atoms with van der Waals surface area (Å²) in [6, 6.07) is 8.46. The van der Waals surface area contributed by atoms with Crippen molar-refractivity contribution in [1.82, 2.24) is 24.9 Å². The van der Waals surface area contributed by atoms with E-state index in [9.17, 15) is 4.79 Å². The number of nitrogens with zero attached hydrogens (tertiary/aromatic N) is 4. The topological polar surface area (TPSA) is 72.2 Å². The van der Waals surface area contributed by atoms with Gasteiger partial charge in [-0.05, 0) is 49.3 Å². The van der Waals surface area contributed by atoms with E-state index < -0.39 is 0 Å². The maximum atomic E-state index is 12.5. The average Bonchev–Trinajstić information content (AvgIpc) is 3.09. The Hall–Kier alpha value is -2.76. The van der Waals surface area contributed by atoms with Gasteiger partial charge in [0.25, 0.3) is 5.78 Å². The van der Waals surface area contributed by atoms with Gasteiger partial charge in [0.15, 0.2) is 0 Å². The summed E-state index contributed by atoms with van der Waals surface area (Å²) in [5, 5.41) is 7.30. The standard InChI is InChI=1S/C22H29N5O/c1-14(17-7-9-18(10-8-17)22(4,5)6)25-20(28)12-11-19-15(2)26-21-23-13-24-27(21)16(19)3/h7-10,13-14H,11-12H2,1-6H3,(H,25,28). The van der Waals surface area contributed by atoms with Crippen LogP contribution in [0.25, 0.3) is 5.78 Å². The van der Waals surface area contributed by atoms with Crippen LogP contribution in [0, 0.1) is 13.8 Å². The number of amides is 1. The average molecular weight is 380 g/mol. The molecular formula is C22H29N5O. The summed E-state index contributed by atoms with van der Waals surface area (Å²) in [5.41, 5.74) is 5.46. The number of nitrogens with one attached hydrogen (secondary N) is 1. The highest BCUT2D eigenvalue weighted by molar-refractivity contribution is 5.76. The summed E-state index contributed by atoms with van der Waals surface area (Å²) in [6.07, 6.45) is 2.54. The molecule has 0 saturated heterocycles. The Bertz CT molecular complexity index is 983. The fraction of sp³-hybridized carbons (Fsp3) is 0.455. The largest absolute Gasteiger partial charge is 0.350 e. The molecule has 1 aromatic carbocycles. The molecule has 3 rings (SSSR count). The van der Waals surface area contributed by atoms with Crippen LogP contribution in [0.1, 0.15) is 68.2 Å². The van der Waals surface area contributed by atoms with Crippen molar-refractivity contribution in [3.05, 3.63) is 58.7 Å². The van der Waals surface area contributed by atoms with Gasteiger partial charge in [0, 0.05) is 17.8 Å². The molecule has 1 unspecified atom stereocenters. The third-order valence-electron chi connectivity index (χ3n) is 5.24. The van der Waals surface area contributed by atoms with Crippen LogP contribution < -0.4 is 5.32 Å². The quantitative estimate of drug-likeness (QED) is 0.731. The van der Waals surface area contributed by atoms with Crippen LogP contribution in [-0.4, -0.2) is 25.5 Å². The molecule has 6 heteroatoms. The minimum absolute atomic E-state index is 0.0281. The maximum Gasteiger partial charge on any atom is 0.252 e. The predicted molar refractivity (Wildman–Crippen MR) is 110 cm³/mol. The molecule has 0 bridgehead atoms. The zero-order valence-corrected chi connectivity index (χ0v) is 17.6. The van der Waals surface area contributed by atoms with Gasteiger partial charge in [0.1, 0.15) is 6.33 Å². The first-order chi connectivity index (χ1) is 13.2. The Morgan fingerprint density at radius 1 is 1.18 bits per heavy atom. The number of benzene rings is 1. The summed E-state index contributed by atoms with van der Waals surface area (Å²) >= 11 is 0. The van der Waals surface area contributed by atoms with E-state index in [2.05, 4.69) is 65.4 Å². The number of hydrogen-bond acceptors (Lipinski definition) is 4. The minimum atomic E-state index is -0.0281. The fourth-order valence-corrected chi connectivity index (χ4v) is 3.42. The van der Waals surface area contributed by atoms with Gasteiger partial charge in [-0.25, -0.2) is 9.50 Å². The Kier molecular flexibility index (Phi) is 5.49. The van der Waals surface area contributed by atoms with E-state index in [0.717, 1.165) is 22.5 Å². The molecule has 0 aliphatic heterocycles. The number of rotatable bonds is 5. The molecule has 0 spiro atoms. The highest BCUT2D eigenvalue weighted by atomic mass is 16.1. The second-order valence-corrected chi connectivity index (χ2v) is 8.39. The minimum Gasteiger partial charge on any atom is -0.350 e. The highest BCUT2D eigenvalue weighted by Gasteiger charge is 2.16. The second-order valence-electron chi connectivity index (χ2n) is 8.39. The summed E-state index contributed by atoms with van der Waals surface area (Å²) in [5.74, 6) is 0.625. The number of hydrogen-bond donors (Lipinski definition) is 1. The van der Waals surface area contributed by atoms with E-state index in [1.807, 2.05) is 20.8 Å². The monoisotopic (exact) mass is 379 g/mol. The predicted octanol–water partition coefficient (Wildman–Crippen LogP) is 3.85. The van der Waals surface area contributed by atoms with Gasteiger partial charge in [-0.1, -0.05) is 45.0 Å². The Labute approximate surface area is 166 Å². The van der Waals surface area contributed by atoms with E-state index in [1.165, 1.54) is 11.9 Å². The van der Waals surface area contributed by atoms with E-state index in [4.69, 9.17) is 0 Å². The number of fused-ring (bicyclic) bond motifs is 1. The smallest absolute Gasteiger partial charge is 0.252 e. The van der Waals surface area contributed by atoms with Gasteiger partial charge in [0.05, 0.1) is 6.04 Å². The molecule has 0 aliphatic rings. The van der Waals surface area contributed by atoms with Gasteiger partial charge in [-0.3, -0.25) is 4.79 Å². The summed E-state index contributed by atoms with van der Waals surface area (Å²) in [7, 11) is 0. The molecule has 0 saturated carbocycles. The Balaban J connectivity index is 1.63. The maximum absolute atomic E-state index is 12.5. The first-order valence-electron chi connectivity index (χ1n) is 9.72. The third-order valence-corrected chi connectivity index (χ3v) is 5.24. The lowest BCUT2D eigenvalue weighted by Gasteiger charge is -2.21. The van der Waals surface area contributed by atoms with Crippen LogP contribution in [-0.2, 0) is 16.6 Å². The van der Waals surface area contributed by atoms with Crippen LogP contribution in [0.5, 0.6) is 0 Å². The van der Waals surface area contributed by atoms with Gasteiger partial charge in [-0.2, -0.15) is 10.1 Å². The zero-order valence-electron chi connectivity index (χ0n) is 17.6. The lowest BCUT2D eigenvalue weighted by Crippen LogP contribution is -2.27. The van der Waals surface area contributed by atoms with E-state index >= 15 is 0 Å². The third kappa shape index (κ3) is 4.21. The van der Waals surface area contributed by atoms with E-state index in [-0.39, 0.29) is 17.4 Å². The molecule has 0 radical (unpaired) electrons. The normalized spacial score (nSPS) is 12.9. The van der Waals surface area contributed by atoms with Crippen molar-refractivity contribution >= 4 is 11.7 Å². The molecule has 2 heterocycles. The van der Waals surface area contributed by atoms with E-state index in [0.29, 0.717) is 18.6 Å². The molecule has 28 heavy (non-hydrogen) atoms. The molecule has 1 atom stereocenters. The van der Waals surface area contributed by atoms with Crippen molar-refractivity contribution < 1.29 is 4.79 Å². The Morgan fingerprint density at radius 3 is 2.50 bits per heavy atom. The fourth-order valence-electron chi connectivity index (χ4n) is 3.42. The Morgan fingerprint density at radius 2 is 1.86 bits per heavy atom. The number of carbonyl (C=O) groups is 1. The van der Waals surface area contributed by atoms with Gasteiger partial charge >= 0.3 is 0 Å². The van der Waals surface area contributed by atoms with Crippen molar-refractivity contribution in [2.45, 2.75) is 65.8 Å². The van der Waals surface area contributed by atoms with Gasteiger partial charge in [-0.15, -0.1) is 0 Å². The molecular weight excluding hydrogens is 350 g/mol. The van der Waals surface area contributed by atoms with Crippen LogP contribution in [0.3, 0.4) is 0 Å². The number of aromatic nitrogens is 4.